The first-order valence-electron chi connectivity index (χ1n) is 18.0. The Morgan fingerprint density at radius 1 is 0.820 bits per heavy atom. The average molecular weight is 721 g/mol. The molecule has 2 rings (SSSR count). The largest absolute Gasteiger partial charge is 0.351 e. The molecular formula is C36H61ClN8O5. The van der Waals surface area contributed by atoms with Crippen molar-refractivity contribution in [3.63, 3.8) is 0 Å². The lowest BCUT2D eigenvalue weighted by molar-refractivity contribution is -0.131. The average Bonchev–Trinajstić information content (AvgIpc) is 3.57. The van der Waals surface area contributed by atoms with Gasteiger partial charge in [0.2, 0.25) is 11.8 Å². The molecule has 3 atom stereocenters. The van der Waals surface area contributed by atoms with Crippen LogP contribution in [0.3, 0.4) is 0 Å². The van der Waals surface area contributed by atoms with Crippen LogP contribution in [0.1, 0.15) is 108 Å². The predicted molar refractivity (Wildman–Crippen MR) is 199 cm³/mol. The highest BCUT2D eigenvalue weighted by molar-refractivity contribution is 6.04. The third-order valence-electron chi connectivity index (χ3n) is 8.36. The van der Waals surface area contributed by atoms with Gasteiger partial charge in [-0.2, -0.15) is 0 Å². The summed E-state index contributed by atoms with van der Waals surface area (Å²) in [6.45, 7) is 20.3. The van der Waals surface area contributed by atoms with Crippen molar-refractivity contribution < 1.29 is 24.0 Å². The Morgan fingerprint density at radius 2 is 1.38 bits per heavy atom. The van der Waals surface area contributed by atoms with Gasteiger partial charge in [0.05, 0.1) is 11.6 Å². The second-order valence-corrected chi connectivity index (χ2v) is 14.1. The van der Waals surface area contributed by atoms with Crippen molar-refractivity contribution in [3.05, 3.63) is 29.3 Å². The lowest BCUT2D eigenvalue weighted by Crippen LogP contribution is -2.55. The van der Waals surface area contributed by atoms with Gasteiger partial charge in [-0.05, 0) is 81.1 Å². The molecule has 1 fully saturated rings. The number of aldehydes is 1. The quantitative estimate of drug-likeness (QED) is 0.106. The number of halogens is 1. The monoisotopic (exact) mass is 720 g/mol. The number of hydrogen-bond acceptors (Lipinski definition) is 8. The number of carbonyl (C=O) groups excluding carboxylic acids is 5. The Bertz CT molecular complexity index is 1260. The molecule has 0 unspecified atom stereocenters. The molecule has 50 heavy (non-hydrogen) atoms. The highest BCUT2D eigenvalue weighted by Crippen LogP contribution is 2.24. The summed E-state index contributed by atoms with van der Waals surface area (Å²) in [7, 11) is 0. The maximum absolute atomic E-state index is 13.8. The Balaban J connectivity index is 0.0000125. The second-order valence-electron chi connectivity index (χ2n) is 14.1. The number of likely N-dealkylation sites (N-methyl/N-ethyl adjacent to an activating group) is 1. The minimum Gasteiger partial charge on any atom is -0.351 e. The first-order chi connectivity index (χ1) is 23.3. The van der Waals surface area contributed by atoms with E-state index in [1.165, 1.54) is 6.07 Å². The van der Waals surface area contributed by atoms with Gasteiger partial charge in [0.25, 0.3) is 11.8 Å². The van der Waals surface area contributed by atoms with Crippen LogP contribution in [0.15, 0.2) is 28.5 Å². The molecule has 14 heteroatoms. The topological polar surface area (TPSA) is 165 Å². The molecule has 282 valence electrons. The van der Waals surface area contributed by atoms with Crippen molar-refractivity contribution in [1.82, 2.24) is 31.2 Å². The standard InChI is InChI=1S/C36H60N8O5.ClH/c1-9-43(10-2)18-15-37-33(46)27-13-14-29(30(22-27)41-42-44-16-11-12-17-44)34(47)39-32(21-26(7)8)36(49)40-31(20-25(5)6)35(48)38-28(23-45)19-24(3)4;/h13-14,22-26,28,31-32H,9-12,15-21H2,1-8H3,(H,37,46)(H,38,48)(H,39,47)(H,40,49);1H/t28-,31-,32-;/m0./s1. The molecule has 1 heterocycles. The summed E-state index contributed by atoms with van der Waals surface area (Å²) in [6.07, 6.45) is 3.86. The molecule has 1 aromatic rings. The van der Waals surface area contributed by atoms with Gasteiger partial charge in [-0.15, -0.1) is 17.5 Å². The van der Waals surface area contributed by atoms with Crippen LogP contribution in [-0.4, -0.2) is 97.2 Å². The van der Waals surface area contributed by atoms with Crippen LogP contribution < -0.4 is 21.3 Å². The number of nitrogens with zero attached hydrogens (tertiary/aromatic N) is 4. The van der Waals surface area contributed by atoms with Gasteiger partial charge in [0.15, 0.2) is 0 Å². The zero-order valence-electron chi connectivity index (χ0n) is 31.3. The Hall–Kier alpha value is -3.58. The van der Waals surface area contributed by atoms with Gasteiger partial charge in [0.1, 0.15) is 24.1 Å². The predicted octanol–water partition coefficient (Wildman–Crippen LogP) is 4.68. The summed E-state index contributed by atoms with van der Waals surface area (Å²) in [5.41, 5.74) is 0.728. The second kappa shape index (κ2) is 23.0. The normalized spacial score (nSPS) is 14.8. The van der Waals surface area contributed by atoms with E-state index in [9.17, 15) is 24.0 Å². The van der Waals surface area contributed by atoms with Gasteiger partial charge >= 0.3 is 0 Å². The Labute approximate surface area is 304 Å². The zero-order valence-corrected chi connectivity index (χ0v) is 32.1. The summed E-state index contributed by atoms with van der Waals surface area (Å²) in [5, 5.41) is 21.9. The van der Waals surface area contributed by atoms with Crippen LogP contribution in [0.4, 0.5) is 5.69 Å². The van der Waals surface area contributed by atoms with E-state index < -0.39 is 35.8 Å². The fraction of sp³-hybridized carbons (Fsp3) is 0.694. The van der Waals surface area contributed by atoms with Crippen molar-refractivity contribution in [1.29, 1.82) is 0 Å². The number of carbonyl (C=O) groups is 5. The molecule has 0 spiro atoms. The van der Waals surface area contributed by atoms with E-state index in [-0.39, 0.29) is 47.3 Å². The van der Waals surface area contributed by atoms with E-state index >= 15 is 0 Å². The number of hydrogen-bond donors (Lipinski definition) is 4. The number of benzene rings is 1. The number of amides is 4. The fourth-order valence-electron chi connectivity index (χ4n) is 5.67. The molecule has 4 N–H and O–H groups in total. The molecule has 0 bridgehead atoms. The molecule has 0 saturated carbocycles. The first-order valence-corrected chi connectivity index (χ1v) is 18.0. The minimum atomic E-state index is -0.959. The van der Waals surface area contributed by atoms with E-state index in [1.807, 2.05) is 46.6 Å². The van der Waals surface area contributed by atoms with Crippen molar-refractivity contribution >= 4 is 48.0 Å². The third-order valence-corrected chi connectivity index (χ3v) is 8.36. The number of rotatable bonds is 21. The third kappa shape index (κ3) is 15.5. The summed E-state index contributed by atoms with van der Waals surface area (Å²) >= 11 is 0. The molecule has 1 saturated heterocycles. The minimum absolute atomic E-state index is 0. The van der Waals surface area contributed by atoms with Crippen molar-refractivity contribution in [2.75, 3.05) is 39.3 Å². The van der Waals surface area contributed by atoms with E-state index in [4.69, 9.17) is 0 Å². The zero-order chi connectivity index (χ0) is 36.5. The van der Waals surface area contributed by atoms with Crippen LogP contribution in [0, 0.1) is 17.8 Å². The summed E-state index contributed by atoms with van der Waals surface area (Å²) in [6, 6.07) is 2.13. The molecule has 0 radical (unpaired) electrons. The fourth-order valence-corrected chi connectivity index (χ4v) is 5.67. The molecule has 1 aliphatic heterocycles. The van der Waals surface area contributed by atoms with Gasteiger partial charge in [-0.25, -0.2) is 0 Å². The lowest BCUT2D eigenvalue weighted by Gasteiger charge is -2.26. The smallest absolute Gasteiger partial charge is 0.254 e. The maximum Gasteiger partial charge on any atom is 0.254 e. The molecular weight excluding hydrogens is 660 g/mol. The molecule has 1 aromatic carbocycles. The van der Waals surface area contributed by atoms with Crippen molar-refractivity contribution in [3.8, 4) is 0 Å². The SMILES string of the molecule is CCN(CC)CCNC(=O)c1ccc(C(=O)N[C@@H](CC(C)C)C(=O)N[C@@H](CC(C)C)C(=O)N[C@H](C=O)CC(C)C)c(N=NN2CCCC2)c1.Cl. The van der Waals surface area contributed by atoms with Crippen LogP contribution in [0.5, 0.6) is 0 Å². The van der Waals surface area contributed by atoms with Crippen LogP contribution >= 0.6 is 12.4 Å². The van der Waals surface area contributed by atoms with Gasteiger partial charge in [-0.1, -0.05) is 60.6 Å². The Kier molecular flexibility index (Phi) is 20.4. The molecule has 4 amide bonds. The molecule has 13 nitrogen and oxygen atoms in total. The van der Waals surface area contributed by atoms with Gasteiger partial charge in [0, 0.05) is 31.7 Å². The molecule has 1 aliphatic rings. The lowest BCUT2D eigenvalue weighted by atomic mass is 9.99. The highest BCUT2D eigenvalue weighted by atomic mass is 35.5. The van der Waals surface area contributed by atoms with E-state index in [1.54, 1.807) is 12.1 Å². The van der Waals surface area contributed by atoms with Crippen LogP contribution in [-0.2, 0) is 14.4 Å². The van der Waals surface area contributed by atoms with E-state index in [0.29, 0.717) is 37.7 Å². The summed E-state index contributed by atoms with van der Waals surface area (Å²) in [4.78, 5) is 67.7. The van der Waals surface area contributed by atoms with Gasteiger partial charge in [-0.3, -0.25) is 24.2 Å². The maximum atomic E-state index is 13.8. The Morgan fingerprint density at radius 3 is 1.92 bits per heavy atom. The van der Waals surface area contributed by atoms with Crippen LogP contribution in [0.2, 0.25) is 0 Å². The summed E-state index contributed by atoms with van der Waals surface area (Å²) in [5.74, 6) is -1.47. The van der Waals surface area contributed by atoms with Crippen molar-refractivity contribution in [2.24, 2.45) is 28.1 Å². The summed E-state index contributed by atoms with van der Waals surface area (Å²) < 4.78 is 0. The van der Waals surface area contributed by atoms with E-state index in [0.717, 1.165) is 45.6 Å². The van der Waals surface area contributed by atoms with Gasteiger partial charge < -0.3 is 31.0 Å². The number of nitrogens with one attached hydrogen (secondary N) is 4. The van der Waals surface area contributed by atoms with E-state index in [2.05, 4.69) is 50.4 Å². The molecule has 0 aromatic heterocycles. The highest BCUT2D eigenvalue weighted by Gasteiger charge is 2.30. The first kappa shape index (κ1) is 44.4. The van der Waals surface area contributed by atoms with Crippen LogP contribution in [0.25, 0.3) is 0 Å². The van der Waals surface area contributed by atoms with Crippen molar-refractivity contribution in [2.45, 2.75) is 106 Å². The molecule has 0 aliphatic carbocycles.